The van der Waals surface area contributed by atoms with Gasteiger partial charge in [-0.2, -0.15) is 12.6 Å². The van der Waals surface area contributed by atoms with Crippen molar-refractivity contribution >= 4 is 31.9 Å². The molecule has 0 aromatic rings. The molecule has 0 amide bonds. The topological polar surface area (TPSA) is 27.7 Å². The summed E-state index contributed by atoms with van der Waals surface area (Å²) in [6.07, 6.45) is 3.75. The first-order valence-electron chi connectivity index (χ1n) is 4.63. The minimum atomic E-state index is -1.70. The van der Waals surface area contributed by atoms with E-state index >= 15 is 0 Å². The molecule has 0 aliphatic carbocycles. The number of rotatable bonds is 9. The van der Waals surface area contributed by atoms with Crippen LogP contribution in [0.25, 0.3) is 0 Å². The standard InChI is InChI=1S/C7H20O3SSi2/c1-8-13(9-2)10-12-7-5-3-4-6-11/h11,13H,3-7,12H2,1-2H3. The summed E-state index contributed by atoms with van der Waals surface area (Å²) in [5.41, 5.74) is 0. The molecule has 0 aliphatic heterocycles. The fourth-order valence-electron chi connectivity index (χ4n) is 0.979. The fraction of sp³-hybridized carbons (Fsp3) is 1.00. The highest BCUT2D eigenvalue weighted by Gasteiger charge is 2.08. The van der Waals surface area contributed by atoms with Crippen LogP contribution in [0.3, 0.4) is 0 Å². The van der Waals surface area contributed by atoms with Gasteiger partial charge in [-0.3, -0.25) is 0 Å². The van der Waals surface area contributed by atoms with Crippen LogP contribution in [0.5, 0.6) is 0 Å². The molecule has 0 radical (unpaired) electrons. The van der Waals surface area contributed by atoms with Crippen LogP contribution in [0.1, 0.15) is 19.3 Å². The van der Waals surface area contributed by atoms with Crippen LogP contribution in [-0.4, -0.2) is 39.3 Å². The first-order chi connectivity index (χ1) is 6.35. The van der Waals surface area contributed by atoms with E-state index in [4.69, 9.17) is 13.0 Å². The summed E-state index contributed by atoms with van der Waals surface area (Å²) in [6, 6.07) is 1.23. The van der Waals surface area contributed by atoms with E-state index < -0.39 is 19.3 Å². The highest BCUT2D eigenvalue weighted by Crippen LogP contribution is 2.01. The van der Waals surface area contributed by atoms with Gasteiger partial charge in [-0.05, 0) is 18.2 Å². The molecule has 3 nitrogen and oxygen atoms in total. The Kier molecular flexibility index (Phi) is 11.3. The lowest BCUT2D eigenvalue weighted by Crippen LogP contribution is -2.25. The molecule has 0 aromatic carbocycles. The third-order valence-corrected chi connectivity index (χ3v) is 5.60. The van der Waals surface area contributed by atoms with Gasteiger partial charge in [0.05, 0.1) is 0 Å². The maximum atomic E-state index is 5.53. The fourth-order valence-corrected chi connectivity index (χ4v) is 4.48. The van der Waals surface area contributed by atoms with Crippen molar-refractivity contribution in [3.05, 3.63) is 0 Å². The molecule has 6 heteroatoms. The molecule has 0 heterocycles. The van der Waals surface area contributed by atoms with Crippen molar-refractivity contribution in [1.29, 1.82) is 0 Å². The Hall–Kier alpha value is 0.664. The highest BCUT2D eigenvalue weighted by atomic mass is 32.1. The van der Waals surface area contributed by atoms with Crippen LogP contribution >= 0.6 is 12.6 Å². The zero-order valence-electron chi connectivity index (χ0n) is 8.49. The van der Waals surface area contributed by atoms with Crippen molar-refractivity contribution < 1.29 is 13.0 Å². The first kappa shape index (κ1) is 13.7. The van der Waals surface area contributed by atoms with Crippen molar-refractivity contribution in [1.82, 2.24) is 0 Å². The van der Waals surface area contributed by atoms with Gasteiger partial charge < -0.3 is 13.0 Å². The highest BCUT2D eigenvalue weighted by molar-refractivity contribution is 7.80. The van der Waals surface area contributed by atoms with Crippen LogP contribution in [0.15, 0.2) is 0 Å². The van der Waals surface area contributed by atoms with Crippen molar-refractivity contribution in [2.75, 3.05) is 20.0 Å². The average molecular weight is 240 g/mol. The molecule has 0 aliphatic rings. The van der Waals surface area contributed by atoms with E-state index in [1.165, 1.54) is 25.3 Å². The van der Waals surface area contributed by atoms with Crippen molar-refractivity contribution in [3.8, 4) is 0 Å². The molecule has 0 saturated heterocycles. The molecule has 0 aromatic heterocycles. The van der Waals surface area contributed by atoms with E-state index in [0.717, 1.165) is 5.75 Å². The predicted octanol–water partition coefficient (Wildman–Crippen LogP) is 0.615. The summed E-state index contributed by atoms with van der Waals surface area (Å²) in [4.78, 5) is 0. The van der Waals surface area contributed by atoms with Gasteiger partial charge in [0.15, 0.2) is 9.76 Å². The van der Waals surface area contributed by atoms with E-state index in [2.05, 4.69) is 12.6 Å². The second-order valence-corrected chi connectivity index (χ2v) is 7.18. The molecule has 0 fully saturated rings. The van der Waals surface area contributed by atoms with Crippen molar-refractivity contribution in [3.63, 3.8) is 0 Å². The summed E-state index contributed by atoms with van der Waals surface area (Å²) in [6.45, 7) is 0. The Morgan fingerprint density at radius 2 is 1.85 bits per heavy atom. The van der Waals surface area contributed by atoms with Gasteiger partial charge in [-0.15, -0.1) is 0 Å². The summed E-state index contributed by atoms with van der Waals surface area (Å²) >= 11 is 4.16. The Labute approximate surface area is 90.5 Å². The van der Waals surface area contributed by atoms with Crippen LogP contribution in [0, 0.1) is 0 Å². The minimum Gasteiger partial charge on any atom is -0.424 e. The van der Waals surface area contributed by atoms with E-state index in [0.29, 0.717) is 0 Å². The van der Waals surface area contributed by atoms with Crippen molar-refractivity contribution in [2.24, 2.45) is 0 Å². The van der Waals surface area contributed by atoms with Gasteiger partial charge in [0, 0.05) is 14.2 Å². The monoisotopic (exact) mass is 240 g/mol. The van der Waals surface area contributed by atoms with Crippen LogP contribution in [0.4, 0.5) is 0 Å². The predicted molar refractivity (Wildman–Crippen MR) is 63.3 cm³/mol. The van der Waals surface area contributed by atoms with Gasteiger partial charge in [0.1, 0.15) is 0 Å². The zero-order valence-corrected chi connectivity index (χ0v) is 12.0. The van der Waals surface area contributed by atoms with Crippen LogP contribution in [0.2, 0.25) is 6.04 Å². The third kappa shape index (κ3) is 8.98. The molecule has 0 bridgehead atoms. The van der Waals surface area contributed by atoms with Gasteiger partial charge in [0.25, 0.3) is 0 Å². The molecule has 0 saturated carbocycles. The molecule has 80 valence electrons. The number of hydrogen-bond donors (Lipinski definition) is 1. The molecule has 0 atom stereocenters. The maximum Gasteiger partial charge on any atom is 0.472 e. The summed E-state index contributed by atoms with van der Waals surface area (Å²) in [5, 5.41) is 0. The second-order valence-electron chi connectivity index (χ2n) is 2.77. The third-order valence-electron chi connectivity index (χ3n) is 1.69. The molecule has 0 rings (SSSR count). The maximum absolute atomic E-state index is 5.53. The normalized spacial score (nSPS) is 12.0. The molecule has 13 heavy (non-hydrogen) atoms. The summed E-state index contributed by atoms with van der Waals surface area (Å²) in [7, 11) is 1.19. The minimum absolute atomic E-state index is 0.399. The average Bonchev–Trinajstić information content (AvgIpc) is 2.17. The second kappa shape index (κ2) is 10.7. The number of thiol groups is 1. The largest absolute Gasteiger partial charge is 0.472 e. The van der Waals surface area contributed by atoms with E-state index in [1.54, 1.807) is 14.2 Å². The van der Waals surface area contributed by atoms with Crippen LogP contribution < -0.4 is 0 Å². The smallest absolute Gasteiger partial charge is 0.424 e. The van der Waals surface area contributed by atoms with Gasteiger partial charge in [-0.25, -0.2) is 0 Å². The lowest BCUT2D eigenvalue weighted by Gasteiger charge is -2.11. The number of hydrogen-bond acceptors (Lipinski definition) is 4. The van der Waals surface area contributed by atoms with Gasteiger partial charge in [0.2, 0.25) is 0 Å². The molecular weight excluding hydrogens is 220 g/mol. The molecular formula is C7H20O3SSi2. The first-order valence-corrected chi connectivity index (χ1v) is 8.25. The summed E-state index contributed by atoms with van der Waals surface area (Å²) in [5.74, 6) is 0.996. The lowest BCUT2D eigenvalue weighted by molar-refractivity contribution is 0.204. The van der Waals surface area contributed by atoms with E-state index in [9.17, 15) is 0 Å². The van der Waals surface area contributed by atoms with Gasteiger partial charge in [-0.1, -0.05) is 12.8 Å². The number of unbranched alkanes of at least 4 members (excludes halogenated alkanes) is 2. The summed E-state index contributed by atoms with van der Waals surface area (Å²) < 4.78 is 15.6. The Balaban J connectivity index is 3.05. The quantitative estimate of drug-likeness (QED) is 0.364. The Bertz CT molecular complexity index is 104. The lowest BCUT2D eigenvalue weighted by atomic mass is 10.3. The Morgan fingerprint density at radius 3 is 2.38 bits per heavy atom. The molecule has 0 spiro atoms. The SMILES string of the molecule is CO[SiH](OC)O[SiH2]CCCCCS. The van der Waals surface area contributed by atoms with E-state index in [-0.39, 0.29) is 0 Å². The Morgan fingerprint density at radius 1 is 1.15 bits per heavy atom. The molecule has 0 unspecified atom stereocenters. The van der Waals surface area contributed by atoms with E-state index in [1.807, 2.05) is 0 Å². The molecule has 0 N–H and O–H groups in total. The van der Waals surface area contributed by atoms with Crippen molar-refractivity contribution in [2.45, 2.75) is 25.3 Å². The zero-order chi connectivity index (χ0) is 9.94. The van der Waals surface area contributed by atoms with Gasteiger partial charge >= 0.3 is 9.53 Å². The van der Waals surface area contributed by atoms with Crippen LogP contribution in [-0.2, 0) is 13.0 Å².